The Hall–Kier alpha value is -1.48. The van der Waals surface area contributed by atoms with Gasteiger partial charge in [-0.3, -0.25) is 4.79 Å². The van der Waals surface area contributed by atoms with E-state index >= 15 is 0 Å². The van der Waals surface area contributed by atoms with E-state index in [-0.39, 0.29) is 21.1 Å². The number of benzene rings is 1. The van der Waals surface area contributed by atoms with Gasteiger partial charge in [-0.2, -0.15) is 0 Å². The van der Waals surface area contributed by atoms with Gasteiger partial charge in [0.15, 0.2) is 0 Å². The highest BCUT2D eigenvalue weighted by Crippen LogP contribution is 2.25. The molecule has 2 heterocycles. The summed E-state index contributed by atoms with van der Waals surface area (Å²) in [7, 11) is 0. The second kappa shape index (κ2) is 7.82. The Kier molecular flexibility index (Phi) is 5.73. The second-order valence-corrected chi connectivity index (χ2v) is 7.35. The first-order valence-corrected chi connectivity index (χ1v) is 9.21. The zero-order valence-electron chi connectivity index (χ0n) is 13.1. The number of anilines is 2. The smallest absolute Gasteiger partial charge is 0.227 e. The van der Waals surface area contributed by atoms with Crippen molar-refractivity contribution in [1.82, 2.24) is 4.98 Å². The zero-order valence-corrected chi connectivity index (χ0v) is 16.0. The van der Waals surface area contributed by atoms with Crippen molar-refractivity contribution in [3.8, 4) is 0 Å². The predicted octanol–water partition coefficient (Wildman–Crippen LogP) is 4.47. The fourth-order valence-electron chi connectivity index (χ4n) is 2.80. The molecule has 4 nitrogen and oxygen atoms in total. The Balaban J connectivity index is 1.59. The maximum absolute atomic E-state index is 13.6. The standard InChI is InChI=1S/C17H15ClF2IN3O/c18-11-1-2-15(22-9-11)24-5-3-10(4-6-24)17(25)23-12-7-13(19)16(21)14(20)8-12/h1-2,7-10H,3-6H2,(H,23,25). The van der Waals surface area contributed by atoms with Crippen LogP contribution < -0.4 is 10.2 Å². The number of carbonyl (C=O) groups excluding carboxylic acids is 1. The molecule has 132 valence electrons. The number of nitrogens with zero attached hydrogens (tertiary/aromatic N) is 2. The van der Waals surface area contributed by atoms with Crippen LogP contribution in [0.3, 0.4) is 0 Å². The van der Waals surface area contributed by atoms with Gasteiger partial charge in [-0.05, 0) is 59.7 Å². The molecule has 1 saturated heterocycles. The van der Waals surface area contributed by atoms with Crippen LogP contribution in [0.1, 0.15) is 12.8 Å². The number of hydrogen-bond donors (Lipinski definition) is 1. The minimum absolute atomic E-state index is 0.0839. The number of piperidine rings is 1. The SMILES string of the molecule is O=C(Nc1cc(F)c(I)c(F)c1)C1CCN(c2ccc(Cl)cn2)CC1. The average Bonchev–Trinajstić information content (AvgIpc) is 2.60. The molecule has 1 N–H and O–H groups in total. The molecule has 1 aliphatic rings. The zero-order chi connectivity index (χ0) is 18.0. The summed E-state index contributed by atoms with van der Waals surface area (Å²) in [6, 6.07) is 5.90. The third kappa shape index (κ3) is 4.38. The van der Waals surface area contributed by atoms with E-state index in [1.165, 1.54) is 0 Å². The van der Waals surface area contributed by atoms with Crippen LogP contribution in [0.4, 0.5) is 20.3 Å². The van der Waals surface area contributed by atoms with E-state index < -0.39 is 11.6 Å². The molecule has 8 heteroatoms. The van der Waals surface area contributed by atoms with Gasteiger partial charge in [-0.1, -0.05) is 11.6 Å². The first-order valence-electron chi connectivity index (χ1n) is 7.76. The van der Waals surface area contributed by atoms with Gasteiger partial charge in [0.05, 0.1) is 8.59 Å². The number of amides is 1. The van der Waals surface area contributed by atoms with Crippen LogP contribution in [-0.4, -0.2) is 24.0 Å². The van der Waals surface area contributed by atoms with Crippen LogP contribution >= 0.6 is 34.2 Å². The highest BCUT2D eigenvalue weighted by atomic mass is 127. The van der Waals surface area contributed by atoms with Gasteiger partial charge in [-0.25, -0.2) is 13.8 Å². The molecule has 0 bridgehead atoms. The fourth-order valence-corrected chi connectivity index (χ4v) is 3.22. The molecule has 0 aliphatic carbocycles. The molecule has 25 heavy (non-hydrogen) atoms. The average molecular weight is 478 g/mol. The summed E-state index contributed by atoms with van der Waals surface area (Å²) >= 11 is 7.43. The molecule has 0 spiro atoms. The molecule has 3 rings (SSSR count). The van der Waals surface area contributed by atoms with Gasteiger partial charge < -0.3 is 10.2 Å². The Bertz CT molecular complexity index is 757. The molecule has 2 aromatic rings. The van der Waals surface area contributed by atoms with Crippen molar-refractivity contribution >= 4 is 51.6 Å². The Morgan fingerprint density at radius 1 is 1.24 bits per heavy atom. The summed E-state index contributed by atoms with van der Waals surface area (Å²) in [5, 5.41) is 3.19. The quantitative estimate of drug-likeness (QED) is 0.524. The molecule has 0 radical (unpaired) electrons. The molecular formula is C17H15ClF2IN3O. The first kappa shape index (κ1) is 18.3. The molecule has 1 aliphatic heterocycles. The van der Waals surface area contributed by atoms with Gasteiger partial charge >= 0.3 is 0 Å². The molecule has 1 aromatic carbocycles. The van der Waals surface area contributed by atoms with Crippen LogP contribution in [0, 0.1) is 21.1 Å². The van der Waals surface area contributed by atoms with Gasteiger partial charge in [0, 0.05) is 30.9 Å². The number of pyridine rings is 1. The van der Waals surface area contributed by atoms with Gasteiger partial charge in [0.25, 0.3) is 0 Å². The number of carbonyl (C=O) groups is 1. The lowest BCUT2D eigenvalue weighted by molar-refractivity contribution is -0.120. The lowest BCUT2D eigenvalue weighted by Gasteiger charge is -2.32. The maximum atomic E-state index is 13.6. The van der Waals surface area contributed by atoms with Crippen molar-refractivity contribution < 1.29 is 13.6 Å². The number of nitrogens with one attached hydrogen (secondary N) is 1. The van der Waals surface area contributed by atoms with E-state index in [1.54, 1.807) is 34.9 Å². The minimum atomic E-state index is -0.681. The third-order valence-corrected chi connectivity index (χ3v) is 5.41. The van der Waals surface area contributed by atoms with Crippen LogP contribution in [0.5, 0.6) is 0 Å². The summed E-state index contributed by atoms with van der Waals surface area (Å²) in [5.41, 5.74) is 0.141. The van der Waals surface area contributed by atoms with Crippen LogP contribution in [0.2, 0.25) is 5.02 Å². The highest BCUT2D eigenvalue weighted by Gasteiger charge is 2.26. The van der Waals surface area contributed by atoms with Gasteiger partial charge in [0.1, 0.15) is 17.5 Å². The van der Waals surface area contributed by atoms with Crippen molar-refractivity contribution in [2.45, 2.75) is 12.8 Å². The Morgan fingerprint density at radius 3 is 2.44 bits per heavy atom. The summed E-state index contributed by atoms with van der Waals surface area (Å²) in [5.74, 6) is -0.957. The monoisotopic (exact) mass is 477 g/mol. The van der Waals surface area contributed by atoms with E-state index in [9.17, 15) is 13.6 Å². The van der Waals surface area contributed by atoms with Crippen LogP contribution in [0.15, 0.2) is 30.5 Å². The van der Waals surface area contributed by atoms with E-state index in [0.29, 0.717) is 31.0 Å². The topological polar surface area (TPSA) is 45.2 Å². The molecule has 0 unspecified atom stereocenters. The van der Waals surface area contributed by atoms with Crippen molar-refractivity contribution in [2.75, 3.05) is 23.3 Å². The van der Waals surface area contributed by atoms with Crippen molar-refractivity contribution in [1.29, 1.82) is 0 Å². The largest absolute Gasteiger partial charge is 0.357 e. The molecule has 0 saturated carbocycles. The van der Waals surface area contributed by atoms with E-state index in [0.717, 1.165) is 18.0 Å². The molecule has 1 aromatic heterocycles. The summed E-state index contributed by atoms with van der Waals surface area (Å²) in [6.07, 6.45) is 2.88. The summed E-state index contributed by atoms with van der Waals surface area (Å²) in [4.78, 5) is 18.7. The Labute approximate surface area is 162 Å². The third-order valence-electron chi connectivity index (χ3n) is 4.15. The van der Waals surface area contributed by atoms with Gasteiger partial charge in [0.2, 0.25) is 5.91 Å². The van der Waals surface area contributed by atoms with E-state index in [1.807, 2.05) is 6.07 Å². The van der Waals surface area contributed by atoms with Crippen LogP contribution in [-0.2, 0) is 4.79 Å². The molecule has 1 fully saturated rings. The van der Waals surface area contributed by atoms with E-state index in [2.05, 4.69) is 15.2 Å². The second-order valence-electron chi connectivity index (χ2n) is 5.84. The molecule has 0 atom stereocenters. The summed E-state index contributed by atoms with van der Waals surface area (Å²) < 4.78 is 27.1. The number of aromatic nitrogens is 1. The fraction of sp³-hybridized carbons (Fsp3) is 0.294. The van der Waals surface area contributed by atoms with Crippen LogP contribution in [0.25, 0.3) is 0 Å². The van der Waals surface area contributed by atoms with Crippen molar-refractivity contribution in [2.24, 2.45) is 5.92 Å². The Morgan fingerprint density at radius 2 is 1.88 bits per heavy atom. The van der Waals surface area contributed by atoms with Crippen molar-refractivity contribution in [3.05, 3.63) is 50.7 Å². The van der Waals surface area contributed by atoms with E-state index in [4.69, 9.17) is 11.6 Å². The summed E-state index contributed by atoms with van der Waals surface area (Å²) in [6.45, 7) is 1.37. The molecular weight excluding hydrogens is 463 g/mol. The normalized spacial score (nSPS) is 15.3. The lowest BCUT2D eigenvalue weighted by atomic mass is 9.95. The highest BCUT2D eigenvalue weighted by molar-refractivity contribution is 14.1. The van der Waals surface area contributed by atoms with Crippen molar-refractivity contribution in [3.63, 3.8) is 0 Å². The maximum Gasteiger partial charge on any atom is 0.227 e. The lowest BCUT2D eigenvalue weighted by Crippen LogP contribution is -2.38. The predicted molar refractivity (Wildman–Crippen MR) is 102 cm³/mol. The number of hydrogen-bond acceptors (Lipinski definition) is 3. The minimum Gasteiger partial charge on any atom is -0.357 e. The molecule has 1 amide bonds. The van der Waals surface area contributed by atoms with Gasteiger partial charge in [-0.15, -0.1) is 0 Å². The number of halogens is 4. The first-order chi connectivity index (χ1) is 11.9. The number of rotatable bonds is 3.